The first-order valence-electron chi connectivity index (χ1n) is 7.74. The zero-order valence-electron chi connectivity index (χ0n) is 12.9. The Hall–Kier alpha value is -1.62. The number of nitrogens with one attached hydrogen (secondary N) is 1. The SMILES string of the molecule is O=C(N[C@@H]1CCN(Cc2ccccc2)C1)c1cc(F)c(Cl)cc1Cl. The van der Waals surface area contributed by atoms with Crippen LogP contribution < -0.4 is 5.32 Å². The maximum Gasteiger partial charge on any atom is 0.253 e. The number of halogens is 3. The molecule has 1 aliphatic rings. The number of likely N-dealkylation sites (tertiary alicyclic amines) is 1. The van der Waals surface area contributed by atoms with Crippen LogP contribution in [0.2, 0.25) is 10.0 Å². The molecule has 126 valence electrons. The molecule has 24 heavy (non-hydrogen) atoms. The summed E-state index contributed by atoms with van der Waals surface area (Å²) in [6, 6.07) is 12.6. The maximum absolute atomic E-state index is 13.6. The molecule has 0 radical (unpaired) electrons. The van der Waals surface area contributed by atoms with E-state index in [-0.39, 0.29) is 27.6 Å². The first kappa shape index (κ1) is 17.2. The summed E-state index contributed by atoms with van der Waals surface area (Å²) in [5.74, 6) is -1.02. The summed E-state index contributed by atoms with van der Waals surface area (Å²) in [7, 11) is 0. The van der Waals surface area contributed by atoms with E-state index in [9.17, 15) is 9.18 Å². The lowest BCUT2D eigenvalue weighted by atomic mass is 10.1. The smallest absolute Gasteiger partial charge is 0.253 e. The summed E-state index contributed by atoms with van der Waals surface area (Å²) in [6.45, 7) is 2.51. The van der Waals surface area contributed by atoms with Crippen molar-refractivity contribution in [2.24, 2.45) is 0 Å². The van der Waals surface area contributed by atoms with E-state index in [4.69, 9.17) is 23.2 Å². The minimum Gasteiger partial charge on any atom is -0.348 e. The van der Waals surface area contributed by atoms with Gasteiger partial charge in [0.2, 0.25) is 0 Å². The van der Waals surface area contributed by atoms with Gasteiger partial charge in [0.15, 0.2) is 0 Å². The lowest BCUT2D eigenvalue weighted by molar-refractivity contribution is 0.0937. The number of benzene rings is 2. The van der Waals surface area contributed by atoms with Crippen molar-refractivity contribution in [1.82, 2.24) is 10.2 Å². The van der Waals surface area contributed by atoms with Crippen molar-refractivity contribution in [3.05, 3.63) is 69.5 Å². The topological polar surface area (TPSA) is 32.3 Å². The molecule has 0 bridgehead atoms. The van der Waals surface area contributed by atoms with Gasteiger partial charge in [0.05, 0.1) is 15.6 Å². The number of carbonyl (C=O) groups is 1. The Morgan fingerprint density at radius 1 is 1.21 bits per heavy atom. The summed E-state index contributed by atoms with van der Waals surface area (Å²) in [5, 5.41) is 2.98. The molecule has 1 fully saturated rings. The summed E-state index contributed by atoms with van der Waals surface area (Å²) >= 11 is 11.7. The fraction of sp³-hybridized carbons (Fsp3) is 0.278. The largest absolute Gasteiger partial charge is 0.348 e. The van der Waals surface area contributed by atoms with Crippen LogP contribution in [0.1, 0.15) is 22.3 Å². The van der Waals surface area contributed by atoms with E-state index in [1.165, 1.54) is 11.6 Å². The normalized spacial score (nSPS) is 17.9. The minimum atomic E-state index is -0.650. The Bertz CT molecular complexity index is 739. The lowest BCUT2D eigenvalue weighted by Crippen LogP contribution is -2.37. The van der Waals surface area contributed by atoms with Gasteiger partial charge in [-0.15, -0.1) is 0 Å². The standard InChI is InChI=1S/C18H17Cl2FN2O/c19-15-9-16(20)17(21)8-14(15)18(24)22-13-6-7-23(11-13)10-12-4-2-1-3-5-12/h1-5,8-9,13H,6-7,10-11H2,(H,22,24)/t13-/m1/s1. The van der Waals surface area contributed by atoms with Crippen molar-refractivity contribution in [2.75, 3.05) is 13.1 Å². The summed E-state index contributed by atoms with van der Waals surface area (Å²) in [5.41, 5.74) is 1.35. The van der Waals surface area contributed by atoms with Crippen LogP contribution in [0, 0.1) is 5.82 Å². The quantitative estimate of drug-likeness (QED) is 0.824. The molecule has 0 aromatic heterocycles. The van der Waals surface area contributed by atoms with E-state index in [0.29, 0.717) is 0 Å². The minimum absolute atomic E-state index is 0.0241. The Morgan fingerprint density at radius 2 is 1.96 bits per heavy atom. The van der Waals surface area contributed by atoms with E-state index in [1.54, 1.807) is 0 Å². The second-order valence-corrected chi connectivity index (χ2v) is 6.74. The third-order valence-corrected chi connectivity index (χ3v) is 4.71. The molecule has 6 heteroatoms. The molecule has 2 aromatic carbocycles. The van der Waals surface area contributed by atoms with Gasteiger partial charge in [0.1, 0.15) is 5.82 Å². The van der Waals surface area contributed by atoms with Crippen molar-refractivity contribution < 1.29 is 9.18 Å². The van der Waals surface area contributed by atoms with Crippen LogP contribution in [0.5, 0.6) is 0 Å². The predicted octanol–water partition coefficient (Wildman–Crippen LogP) is 4.14. The van der Waals surface area contributed by atoms with Crippen molar-refractivity contribution in [3.63, 3.8) is 0 Å². The van der Waals surface area contributed by atoms with Crippen LogP contribution in [0.15, 0.2) is 42.5 Å². The molecule has 1 aliphatic heterocycles. The highest BCUT2D eigenvalue weighted by Gasteiger charge is 2.25. The van der Waals surface area contributed by atoms with E-state index in [1.807, 2.05) is 18.2 Å². The van der Waals surface area contributed by atoms with E-state index in [0.717, 1.165) is 32.1 Å². The van der Waals surface area contributed by atoms with Gasteiger partial charge in [0.25, 0.3) is 5.91 Å². The maximum atomic E-state index is 13.6. The van der Waals surface area contributed by atoms with Crippen molar-refractivity contribution >= 4 is 29.1 Å². The zero-order valence-corrected chi connectivity index (χ0v) is 14.4. The van der Waals surface area contributed by atoms with Crippen LogP contribution in [0.4, 0.5) is 4.39 Å². The molecule has 1 saturated heterocycles. The molecule has 0 unspecified atom stereocenters. The summed E-state index contributed by atoms with van der Waals surface area (Å²) in [6.07, 6.45) is 0.853. The summed E-state index contributed by atoms with van der Waals surface area (Å²) < 4.78 is 13.6. The third-order valence-electron chi connectivity index (χ3n) is 4.11. The number of amides is 1. The Balaban J connectivity index is 1.59. The number of hydrogen-bond acceptors (Lipinski definition) is 2. The van der Waals surface area contributed by atoms with Gasteiger partial charge in [-0.25, -0.2) is 4.39 Å². The number of hydrogen-bond donors (Lipinski definition) is 1. The van der Waals surface area contributed by atoms with E-state index in [2.05, 4.69) is 22.3 Å². The molecule has 1 heterocycles. The molecule has 1 N–H and O–H groups in total. The second-order valence-electron chi connectivity index (χ2n) is 5.93. The van der Waals surface area contributed by atoms with Crippen LogP contribution in [0.25, 0.3) is 0 Å². The molecule has 2 aromatic rings. The van der Waals surface area contributed by atoms with Gasteiger partial charge in [-0.2, -0.15) is 0 Å². The zero-order chi connectivity index (χ0) is 17.1. The molecule has 3 nitrogen and oxygen atoms in total. The van der Waals surface area contributed by atoms with Gasteiger partial charge < -0.3 is 5.32 Å². The highest BCUT2D eigenvalue weighted by Crippen LogP contribution is 2.24. The highest BCUT2D eigenvalue weighted by atomic mass is 35.5. The Kier molecular flexibility index (Phi) is 5.39. The van der Waals surface area contributed by atoms with Gasteiger partial charge in [-0.05, 0) is 24.1 Å². The molecular weight excluding hydrogens is 350 g/mol. The van der Waals surface area contributed by atoms with Crippen molar-refractivity contribution in [2.45, 2.75) is 19.0 Å². The van der Waals surface area contributed by atoms with E-state index < -0.39 is 5.82 Å². The molecule has 1 amide bonds. The van der Waals surface area contributed by atoms with Crippen LogP contribution in [-0.2, 0) is 6.54 Å². The summed E-state index contributed by atoms with van der Waals surface area (Å²) in [4.78, 5) is 14.6. The predicted molar refractivity (Wildman–Crippen MR) is 94.0 cm³/mol. The fourth-order valence-electron chi connectivity index (χ4n) is 2.90. The van der Waals surface area contributed by atoms with Gasteiger partial charge in [-0.3, -0.25) is 9.69 Å². The molecule has 0 saturated carbocycles. The fourth-order valence-corrected chi connectivity index (χ4v) is 3.36. The van der Waals surface area contributed by atoms with Crippen molar-refractivity contribution in [3.8, 4) is 0 Å². The Labute approximate surface area is 150 Å². The number of nitrogens with zero attached hydrogens (tertiary/aromatic N) is 1. The first-order valence-corrected chi connectivity index (χ1v) is 8.50. The molecule has 1 atom stereocenters. The molecular formula is C18H17Cl2FN2O. The molecule has 0 aliphatic carbocycles. The monoisotopic (exact) mass is 366 g/mol. The molecule has 0 spiro atoms. The highest BCUT2D eigenvalue weighted by molar-refractivity contribution is 6.36. The van der Waals surface area contributed by atoms with Gasteiger partial charge in [-0.1, -0.05) is 53.5 Å². The van der Waals surface area contributed by atoms with Crippen molar-refractivity contribution in [1.29, 1.82) is 0 Å². The van der Waals surface area contributed by atoms with Crippen LogP contribution in [-0.4, -0.2) is 29.9 Å². The lowest BCUT2D eigenvalue weighted by Gasteiger charge is -2.17. The van der Waals surface area contributed by atoms with Gasteiger partial charge in [0, 0.05) is 25.7 Å². The average Bonchev–Trinajstić information content (AvgIpc) is 2.98. The van der Waals surface area contributed by atoms with E-state index >= 15 is 0 Å². The Morgan fingerprint density at radius 3 is 2.71 bits per heavy atom. The average molecular weight is 367 g/mol. The third kappa shape index (κ3) is 4.07. The van der Waals surface area contributed by atoms with Gasteiger partial charge >= 0.3 is 0 Å². The number of carbonyl (C=O) groups excluding carboxylic acids is 1. The number of rotatable bonds is 4. The van der Waals surface area contributed by atoms with Crippen LogP contribution in [0.3, 0.4) is 0 Å². The van der Waals surface area contributed by atoms with Crippen LogP contribution >= 0.6 is 23.2 Å². The first-order chi connectivity index (χ1) is 11.5. The second kappa shape index (κ2) is 7.51. The molecule has 3 rings (SSSR count).